The Bertz CT molecular complexity index is 2810. The van der Waals surface area contributed by atoms with E-state index < -0.39 is 69.5 Å². The molecule has 2 aliphatic rings. The number of hydrogen-bond acceptors (Lipinski definition) is 12. The average molecular weight is 845 g/mol. The molecule has 0 spiro atoms. The summed E-state index contributed by atoms with van der Waals surface area (Å²) in [7, 11) is 0. The van der Waals surface area contributed by atoms with Gasteiger partial charge in [0.25, 0.3) is 0 Å². The molecular weight excluding hydrogens is 825 g/mol. The van der Waals surface area contributed by atoms with Crippen molar-refractivity contribution >= 4 is 90.3 Å². The van der Waals surface area contributed by atoms with Crippen LogP contribution in [0.3, 0.4) is 0 Å². The Balaban J connectivity index is 1.23. The number of benzene rings is 5. The molecule has 0 bridgehead atoms. The van der Waals surface area contributed by atoms with Gasteiger partial charge in [-0.15, -0.1) is 22.7 Å². The maximum atomic E-state index is 14.2. The van der Waals surface area contributed by atoms with Crippen molar-refractivity contribution in [2.75, 3.05) is 0 Å². The standard InChI is InChI=1S/C44H20F4N2O8S2/c45-27-11-21-22(12-28(27)46)38(52)25(37(21)51)15-31-49-35-33(43(55)57-17-19-7-3-1-4-8-19)41-36(34(42(35)60-31)44(56)58-18-20-9-5-2-6-10-20)50-32(59-41)16-26-39(53)23-13-29(47)30(48)14-24(23)40(26)54/h1-16H,17-18H2. The normalized spacial score (nSPS) is 13.3. The van der Waals surface area contributed by atoms with E-state index in [1.807, 2.05) is 0 Å². The molecule has 0 atom stereocenters. The van der Waals surface area contributed by atoms with Crippen LogP contribution >= 0.6 is 22.7 Å². The number of carbonyl (C=O) groups excluding carboxylic acids is 6. The minimum absolute atomic E-state index is 0.00227. The molecule has 2 aliphatic carbocycles. The first-order chi connectivity index (χ1) is 28.9. The molecule has 10 nitrogen and oxygen atoms in total. The van der Waals surface area contributed by atoms with E-state index in [0.717, 1.165) is 34.8 Å². The van der Waals surface area contributed by atoms with Crippen LogP contribution < -0.4 is 0 Å². The third-order valence-electron chi connectivity index (χ3n) is 9.66. The van der Waals surface area contributed by atoms with Crippen LogP contribution in [-0.2, 0) is 22.7 Å². The molecule has 0 saturated heterocycles. The number of rotatable bonds is 8. The lowest BCUT2D eigenvalue weighted by atomic mass is 10.1. The molecule has 2 aromatic heterocycles. The van der Waals surface area contributed by atoms with Crippen molar-refractivity contribution in [2.24, 2.45) is 0 Å². The van der Waals surface area contributed by atoms with Crippen LogP contribution in [-0.4, -0.2) is 45.0 Å². The van der Waals surface area contributed by atoms with E-state index in [-0.39, 0.29) is 77.0 Å². The summed E-state index contributed by atoms with van der Waals surface area (Å²) in [6, 6.07) is 19.8. The van der Waals surface area contributed by atoms with E-state index in [2.05, 4.69) is 9.97 Å². The fraction of sp³-hybridized carbons (Fsp3) is 0.0455. The molecule has 0 fully saturated rings. The van der Waals surface area contributed by atoms with E-state index in [1.165, 1.54) is 0 Å². The van der Waals surface area contributed by atoms with Gasteiger partial charge >= 0.3 is 11.9 Å². The number of nitrogens with zero attached hydrogens (tertiary/aromatic N) is 2. The van der Waals surface area contributed by atoms with Crippen molar-refractivity contribution in [1.82, 2.24) is 9.97 Å². The van der Waals surface area contributed by atoms with Crippen molar-refractivity contribution < 1.29 is 55.8 Å². The summed E-state index contributed by atoms with van der Waals surface area (Å²) >= 11 is 1.54. The number of fused-ring (bicyclic) bond motifs is 4. The number of ketones is 4. The van der Waals surface area contributed by atoms with Crippen LogP contribution in [0.5, 0.6) is 0 Å². The van der Waals surface area contributed by atoms with E-state index in [9.17, 15) is 46.3 Å². The van der Waals surface area contributed by atoms with Gasteiger partial charge in [0.1, 0.15) is 34.4 Å². The quantitative estimate of drug-likeness (QED) is 0.0628. The highest BCUT2D eigenvalue weighted by molar-refractivity contribution is 7.21. The van der Waals surface area contributed by atoms with Crippen molar-refractivity contribution in [1.29, 1.82) is 0 Å². The first-order valence-electron chi connectivity index (χ1n) is 17.7. The van der Waals surface area contributed by atoms with Gasteiger partial charge in [-0.25, -0.2) is 37.1 Å². The molecule has 9 rings (SSSR count). The Morgan fingerprint density at radius 1 is 0.517 bits per heavy atom. The van der Waals surface area contributed by atoms with Crippen LogP contribution in [0.1, 0.15) is 83.3 Å². The molecule has 0 unspecified atom stereocenters. The third-order valence-corrected chi connectivity index (χ3v) is 11.7. The Morgan fingerprint density at radius 3 is 1.15 bits per heavy atom. The second kappa shape index (κ2) is 14.8. The summed E-state index contributed by atoms with van der Waals surface area (Å²) in [5, 5.41) is -0.131. The van der Waals surface area contributed by atoms with Crippen LogP contribution in [0.25, 0.3) is 32.6 Å². The van der Waals surface area contributed by atoms with Gasteiger partial charge in [0.15, 0.2) is 46.4 Å². The fourth-order valence-corrected chi connectivity index (χ4v) is 8.90. The molecule has 0 radical (unpaired) electrons. The molecule has 0 aliphatic heterocycles. The van der Waals surface area contributed by atoms with Crippen molar-refractivity contribution in [2.45, 2.75) is 13.2 Å². The summed E-state index contributed by atoms with van der Waals surface area (Å²) in [6.45, 7) is -0.411. The lowest BCUT2D eigenvalue weighted by Gasteiger charge is -2.10. The monoisotopic (exact) mass is 844 g/mol. The number of allylic oxidation sites excluding steroid dienone is 2. The number of aromatic nitrogens is 2. The van der Waals surface area contributed by atoms with Crippen LogP contribution in [0.2, 0.25) is 0 Å². The minimum Gasteiger partial charge on any atom is -0.457 e. The molecule has 5 aromatic carbocycles. The SMILES string of the molecule is O=C1C(=Cc2nc3c(C(=O)OCc4ccccc4)c4sc(C=C5C(=O)c6cc(F)c(F)cc6C5=O)nc4c(C(=O)OCc4ccccc4)c3s2)C(=O)c2cc(F)c(F)cc21. The van der Waals surface area contributed by atoms with E-state index in [4.69, 9.17) is 9.47 Å². The number of esters is 2. The van der Waals surface area contributed by atoms with Crippen molar-refractivity contribution in [3.63, 3.8) is 0 Å². The number of thiazole rings is 2. The van der Waals surface area contributed by atoms with Crippen molar-refractivity contribution in [3.8, 4) is 0 Å². The van der Waals surface area contributed by atoms with Crippen molar-refractivity contribution in [3.05, 3.63) is 174 Å². The predicted octanol–water partition coefficient (Wildman–Crippen LogP) is 9.10. The highest BCUT2D eigenvalue weighted by Crippen LogP contribution is 2.42. The summed E-state index contributed by atoms with van der Waals surface area (Å²) in [4.78, 5) is 90.8. The molecule has 7 aromatic rings. The van der Waals surface area contributed by atoms with Gasteiger partial charge in [-0.3, -0.25) is 19.2 Å². The van der Waals surface area contributed by atoms with E-state index >= 15 is 0 Å². The maximum absolute atomic E-state index is 14.2. The smallest absolute Gasteiger partial charge is 0.342 e. The number of hydrogen-bond donors (Lipinski definition) is 0. The van der Waals surface area contributed by atoms with Crippen LogP contribution in [0, 0.1) is 23.3 Å². The second-order valence-corrected chi connectivity index (χ2v) is 15.5. The largest absolute Gasteiger partial charge is 0.457 e. The van der Waals surface area contributed by atoms with Gasteiger partial charge in [0.2, 0.25) is 0 Å². The molecule has 2 heterocycles. The number of ether oxygens (including phenoxy) is 2. The molecular formula is C44H20F4N2O8S2. The Morgan fingerprint density at radius 2 is 0.833 bits per heavy atom. The zero-order valence-electron chi connectivity index (χ0n) is 30.1. The number of carbonyl (C=O) groups is 6. The van der Waals surface area contributed by atoms with Gasteiger partial charge in [0, 0.05) is 22.3 Å². The molecule has 0 amide bonds. The Labute approximate surface area is 342 Å². The topological polar surface area (TPSA) is 147 Å². The summed E-state index contributed by atoms with van der Waals surface area (Å²) < 4.78 is 67.9. The average Bonchev–Trinajstić information content (AvgIpc) is 3.96. The Hall–Kier alpha value is -7.30. The molecule has 60 heavy (non-hydrogen) atoms. The highest BCUT2D eigenvalue weighted by Gasteiger charge is 2.37. The van der Waals surface area contributed by atoms with Gasteiger partial charge in [-0.2, -0.15) is 0 Å². The maximum Gasteiger partial charge on any atom is 0.342 e. The molecule has 294 valence electrons. The second-order valence-electron chi connectivity index (χ2n) is 13.4. The van der Waals surface area contributed by atoms with Crippen LogP contribution in [0.15, 0.2) is 96.1 Å². The van der Waals surface area contributed by atoms with Crippen LogP contribution in [0.4, 0.5) is 17.6 Å². The number of Topliss-reactive ketones (excluding diaryl/α,β-unsaturated/α-hetero) is 4. The molecule has 0 saturated carbocycles. The summed E-state index contributed by atoms with van der Waals surface area (Å²) in [6.07, 6.45) is 2.17. The lowest BCUT2D eigenvalue weighted by Crippen LogP contribution is -2.10. The minimum atomic E-state index is -1.33. The number of halogens is 4. The predicted molar refractivity (Wildman–Crippen MR) is 210 cm³/mol. The Kier molecular flexibility index (Phi) is 9.44. The summed E-state index contributed by atoms with van der Waals surface area (Å²) in [5.74, 6) is -10.8. The molecule has 0 N–H and O–H groups in total. The van der Waals surface area contributed by atoms with E-state index in [1.54, 1.807) is 60.7 Å². The van der Waals surface area contributed by atoms with Gasteiger partial charge in [-0.1, -0.05) is 60.7 Å². The van der Waals surface area contributed by atoms with Gasteiger partial charge in [-0.05, 0) is 47.5 Å². The lowest BCUT2D eigenvalue weighted by molar-refractivity contribution is 0.0465. The zero-order valence-corrected chi connectivity index (χ0v) is 31.8. The van der Waals surface area contributed by atoms with E-state index in [0.29, 0.717) is 35.4 Å². The molecule has 16 heteroatoms. The first-order valence-corrected chi connectivity index (χ1v) is 19.3. The van der Waals surface area contributed by atoms with Gasteiger partial charge < -0.3 is 9.47 Å². The van der Waals surface area contributed by atoms with Gasteiger partial charge in [0.05, 0.1) is 31.6 Å². The first kappa shape index (κ1) is 38.2. The third kappa shape index (κ3) is 6.51. The zero-order chi connectivity index (χ0) is 42.0. The summed E-state index contributed by atoms with van der Waals surface area (Å²) in [5.41, 5.74) is -1.84. The highest BCUT2D eigenvalue weighted by atomic mass is 32.1. The fourth-order valence-electron chi connectivity index (χ4n) is 6.80.